The fourth-order valence-electron chi connectivity index (χ4n) is 1.08. The third-order valence-electron chi connectivity index (χ3n) is 1.70. The first-order valence-corrected chi connectivity index (χ1v) is 10.6. The summed E-state index contributed by atoms with van der Waals surface area (Å²) in [6.45, 7) is 0. The molecule has 0 amide bonds. The van der Waals surface area contributed by atoms with Crippen LogP contribution in [0.3, 0.4) is 0 Å². The Morgan fingerprint density at radius 2 is 1.75 bits per heavy atom. The quantitative estimate of drug-likeness (QED) is 0.391. The van der Waals surface area contributed by atoms with Crippen molar-refractivity contribution in [1.82, 2.24) is 9.97 Å². The van der Waals surface area contributed by atoms with Crippen LogP contribution in [0.5, 0.6) is 0 Å². The van der Waals surface area contributed by atoms with Gasteiger partial charge in [-0.2, -0.15) is 0 Å². The van der Waals surface area contributed by atoms with Crippen molar-refractivity contribution in [2.75, 3.05) is 0 Å². The van der Waals surface area contributed by atoms with Crippen molar-refractivity contribution in [3.8, 4) is 0 Å². The number of halogens is 2. The molecule has 0 fully saturated rings. The van der Waals surface area contributed by atoms with Crippen LogP contribution >= 0.6 is 57.7 Å². The van der Waals surface area contributed by atoms with E-state index in [2.05, 4.69) is 32.6 Å². The van der Waals surface area contributed by atoms with Crippen molar-refractivity contribution < 1.29 is 0 Å². The second-order valence-corrected chi connectivity index (χ2v) is 12.9. The predicted octanol–water partition coefficient (Wildman–Crippen LogP) is 1.56. The van der Waals surface area contributed by atoms with E-state index in [1.165, 1.54) is 19.7 Å². The van der Waals surface area contributed by atoms with Crippen LogP contribution in [-0.4, -0.2) is 39.9 Å². The van der Waals surface area contributed by atoms with Crippen LogP contribution in [0.2, 0.25) is 0 Å². The topological polar surface area (TPSA) is 25.8 Å². The fraction of sp³-hybridized carbons (Fsp3) is 0. The van der Waals surface area contributed by atoms with E-state index in [1.807, 2.05) is 0 Å². The molecule has 82 valence electrons. The molecular formula is C8H2ClIN2S2Se2. The zero-order valence-corrected chi connectivity index (χ0v) is 15.4. The molecule has 0 spiro atoms. The van der Waals surface area contributed by atoms with Crippen LogP contribution in [-0.2, 0) is 0 Å². The van der Waals surface area contributed by atoms with Gasteiger partial charge in [-0.25, -0.2) is 0 Å². The van der Waals surface area contributed by atoms with Gasteiger partial charge < -0.3 is 0 Å². The molecule has 0 atom stereocenters. The first-order valence-electron chi connectivity index (χ1n) is 4.06. The summed E-state index contributed by atoms with van der Waals surface area (Å²) in [6.07, 6.45) is 3.57. The molecule has 0 radical (unpaired) electrons. The zero-order chi connectivity index (χ0) is 11.1. The second kappa shape index (κ2) is 5.13. The number of hydrogen-bond acceptors (Lipinski definition) is 4. The molecule has 2 aliphatic rings. The van der Waals surface area contributed by atoms with Crippen LogP contribution in [0.15, 0.2) is 27.3 Å². The number of hydrogen-bond donors (Lipinski definition) is 0. The van der Waals surface area contributed by atoms with Gasteiger partial charge in [0.05, 0.1) is 0 Å². The standard InChI is InChI=1S/C8H2ClIN2S2Se2/c9-3-4(10)14-7(13-3)8-15-5-6(16-8)12-2-1-11-5/h1-2H. The molecule has 8 heteroatoms. The van der Waals surface area contributed by atoms with Crippen molar-refractivity contribution in [3.63, 3.8) is 0 Å². The molecule has 0 N–H and O–H groups in total. The van der Waals surface area contributed by atoms with Crippen molar-refractivity contribution in [3.05, 3.63) is 27.3 Å². The van der Waals surface area contributed by atoms with E-state index >= 15 is 0 Å². The Balaban J connectivity index is 1.90. The van der Waals surface area contributed by atoms with Gasteiger partial charge in [-0.1, -0.05) is 0 Å². The third kappa shape index (κ3) is 2.38. The summed E-state index contributed by atoms with van der Waals surface area (Å²) in [5, 5.41) is 0. The number of thioether (sulfide) groups is 2. The molecule has 2 nitrogen and oxygen atoms in total. The van der Waals surface area contributed by atoms with E-state index in [0.29, 0.717) is 29.9 Å². The normalized spacial score (nSPS) is 19.6. The Morgan fingerprint density at radius 3 is 2.25 bits per heavy atom. The molecular weight excluding hydrogens is 509 g/mol. The molecule has 0 aromatic carbocycles. The Bertz CT molecular complexity index is 492. The Kier molecular flexibility index (Phi) is 3.96. The molecule has 3 rings (SSSR count). The van der Waals surface area contributed by atoms with Gasteiger partial charge in [-0.3, -0.25) is 0 Å². The van der Waals surface area contributed by atoms with Gasteiger partial charge in [0, 0.05) is 0 Å². The van der Waals surface area contributed by atoms with E-state index in [4.69, 9.17) is 11.6 Å². The zero-order valence-electron chi connectivity index (χ0n) is 7.44. The Labute approximate surface area is 132 Å². The Morgan fingerprint density at radius 1 is 1.12 bits per heavy atom. The number of nitrogens with zero attached hydrogens (tertiary/aromatic N) is 2. The van der Waals surface area contributed by atoms with Gasteiger partial charge in [-0.15, -0.1) is 0 Å². The van der Waals surface area contributed by atoms with Gasteiger partial charge >= 0.3 is 134 Å². The third-order valence-corrected chi connectivity index (χ3v) is 13.6. The molecule has 0 unspecified atom stereocenters. The SMILES string of the molecule is ClC1=C(I)SC(=C2[Se]c3nccnc3[Se]2)S1. The average Bonchev–Trinajstić information content (AvgIpc) is 2.83. The molecule has 16 heavy (non-hydrogen) atoms. The van der Waals surface area contributed by atoms with Crippen LogP contribution in [0.4, 0.5) is 0 Å². The summed E-state index contributed by atoms with van der Waals surface area (Å²) >= 11 is 12.6. The van der Waals surface area contributed by atoms with E-state index in [0.717, 1.165) is 4.36 Å². The minimum absolute atomic E-state index is 0.358. The Hall–Kier alpha value is 1.32. The van der Waals surface area contributed by atoms with Crippen molar-refractivity contribution in [2.24, 2.45) is 0 Å². The van der Waals surface area contributed by atoms with Crippen LogP contribution in [0, 0.1) is 0 Å². The predicted molar refractivity (Wildman–Crippen MR) is 81.9 cm³/mol. The first-order chi connectivity index (χ1) is 7.74. The van der Waals surface area contributed by atoms with E-state index in [9.17, 15) is 0 Å². The maximum absolute atomic E-state index is 6.11. The van der Waals surface area contributed by atoms with E-state index in [-0.39, 0.29) is 0 Å². The number of fused-ring (bicyclic) bond motifs is 1. The summed E-state index contributed by atoms with van der Waals surface area (Å²) in [5.41, 5.74) is 0. The monoisotopic (exact) mass is 512 g/mol. The summed E-state index contributed by atoms with van der Waals surface area (Å²) < 4.78 is 7.41. The first kappa shape index (κ1) is 12.4. The van der Waals surface area contributed by atoms with E-state index < -0.39 is 0 Å². The van der Waals surface area contributed by atoms with E-state index in [1.54, 1.807) is 35.9 Å². The number of rotatable bonds is 0. The van der Waals surface area contributed by atoms with Gasteiger partial charge in [-0.05, 0) is 0 Å². The van der Waals surface area contributed by atoms with Crippen molar-refractivity contribution in [1.29, 1.82) is 0 Å². The molecule has 2 aliphatic heterocycles. The summed E-state index contributed by atoms with van der Waals surface area (Å²) in [7, 11) is 0. The maximum atomic E-state index is 6.11. The minimum atomic E-state index is 0.358. The second-order valence-electron chi connectivity index (χ2n) is 2.70. The molecule has 0 saturated carbocycles. The molecule has 0 bridgehead atoms. The molecule has 1 aromatic heterocycles. The van der Waals surface area contributed by atoms with Crippen LogP contribution in [0.25, 0.3) is 0 Å². The van der Waals surface area contributed by atoms with Crippen LogP contribution < -0.4 is 9.18 Å². The summed E-state index contributed by atoms with van der Waals surface area (Å²) in [5.74, 6) is 0. The van der Waals surface area contributed by atoms with Crippen LogP contribution in [0.1, 0.15) is 0 Å². The average molecular weight is 511 g/mol. The van der Waals surface area contributed by atoms with Gasteiger partial charge in [0.15, 0.2) is 0 Å². The summed E-state index contributed by atoms with van der Waals surface area (Å²) in [6, 6.07) is 0. The summed E-state index contributed by atoms with van der Waals surface area (Å²) in [4.78, 5) is 8.80. The van der Waals surface area contributed by atoms with Gasteiger partial charge in [0.1, 0.15) is 0 Å². The molecule has 3 heterocycles. The van der Waals surface area contributed by atoms with Crippen molar-refractivity contribution >= 4 is 96.8 Å². The van der Waals surface area contributed by atoms with Gasteiger partial charge in [0.2, 0.25) is 0 Å². The molecule has 0 saturated heterocycles. The molecule has 0 aliphatic carbocycles. The van der Waals surface area contributed by atoms with Gasteiger partial charge in [0.25, 0.3) is 0 Å². The fourth-order valence-corrected chi connectivity index (χ4v) is 11.8. The molecule has 1 aromatic rings. The van der Waals surface area contributed by atoms with Crippen molar-refractivity contribution in [2.45, 2.75) is 0 Å². The number of aromatic nitrogens is 2.